The van der Waals surface area contributed by atoms with Crippen LogP contribution in [0.2, 0.25) is 0 Å². The Morgan fingerprint density at radius 1 is 1.15 bits per heavy atom. The first-order chi connectivity index (χ1) is 15.9. The SMILES string of the molecule is COc1ccc(CN2CC(CNC(=O)c3nnn(-c4cccc(C)c4C)c3C)CC2=O)cc1. The van der Waals surface area contributed by atoms with Crippen molar-refractivity contribution in [2.45, 2.75) is 33.7 Å². The van der Waals surface area contributed by atoms with Gasteiger partial charge in [0.05, 0.1) is 18.5 Å². The second-order valence-corrected chi connectivity index (χ2v) is 8.56. The van der Waals surface area contributed by atoms with Gasteiger partial charge in [-0.1, -0.05) is 29.5 Å². The van der Waals surface area contributed by atoms with Crippen LogP contribution in [0.3, 0.4) is 0 Å². The van der Waals surface area contributed by atoms with E-state index in [2.05, 4.69) is 15.6 Å². The number of methoxy groups -OCH3 is 1. The summed E-state index contributed by atoms with van der Waals surface area (Å²) in [6.07, 6.45) is 0.421. The number of carbonyl (C=O) groups excluding carboxylic acids is 2. The van der Waals surface area contributed by atoms with Crippen LogP contribution in [0.25, 0.3) is 5.69 Å². The number of hydrogen-bond donors (Lipinski definition) is 1. The number of rotatable bonds is 7. The molecule has 0 spiro atoms. The van der Waals surface area contributed by atoms with Crippen molar-refractivity contribution in [1.82, 2.24) is 25.2 Å². The molecule has 1 aliphatic rings. The molecular weight excluding hydrogens is 418 g/mol. The number of nitrogens with zero attached hydrogens (tertiary/aromatic N) is 4. The minimum absolute atomic E-state index is 0.0640. The van der Waals surface area contributed by atoms with Crippen molar-refractivity contribution >= 4 is 11.8 Å². The van der Waals surface area contributed by atoms with E-state index in [-0.39, 0.29) is 17.7 Å². The zero-order valence-electron chi connectivity index (χ0n) is 19.5. The second kappa shape index (κ2) is 9.44. The van der Waals surface area contributed by atoms with E-state index in [4.69, 9.17) is 4.74 Å². The lowest BCUT2D eigenvalue weighted by Gasteiger charge is -2.17. The Balaban J connectivity index is 1.36. The molecule has 33 heavy (non-hydrogen) atoms. The van der Waals surface area contributed by atoms with Crippen LogP contribution in [-0.4, -0.2) is 51.9 Å². The lowest BCUT2D eigenvalue weighted by atomic mass is 10.1. The summed E-state index contributed by atoms with van der Waals surface area (Å²) in [5.41, 5.74) is 5.19. The van der Waals surface area contributed by atoms with Crippen molar-refractivity contribution < 1.29 is 14.3 Å². The average Bonchev–Trinajstić information content (AvgIpc) is 3.36. The molecule has 1 unspecified atom stereocenters. The second-order valence-electron chi connectivity index (χ2n) is 8.56. The van der Waals surface area contributed by atoms with Crippen LogP contribution in [0.4, 0.5) is 0 Å². The molecule has 1 fully saturated rings. The summed E-state index contributed by atoms with van der Waals surface area (Å²) in [6, 6.07) is 13.7. The molecule has 0 saturated carbocycles. The lowest BCUT2D eigenvalue weighted by Crippen LogP contribution is -2.31. The van der Waals surface area contributed by atoms with Gasteiger partial charge in [0.1, 0.15) is 5.75 Å². The quantitative estimate of drug-likeness (QED) is 0.602. The van der Waals surface area contributed by atoms with Gasteiger partial charge in [0, 0.05) is 32.0 Å². The van der Waals surface area contributed by atoms with E-state index in [1.807, 2.05) is 68.1 Å². The van der Waals surface area contributed by atoms with Gasteiger partial charge in [0.2, 0.25) is 5.91 Å². The summed E-state index contributed by atoms with van der Waals surface area (Å²) in [4.78, 5) is 27.1. The maximum Gasteiger partial charge on any atom is 0.273 e. The Morgan fingerprint density at radius 3 is 2.64 bits per heavy atom. The van der Waals surface area contributed by atoms with Crippen LogP contribution < -0.4 is 10.1 Å². The molecule has 2 amide bonds. The summed E-state index contributed by atoms with van der Waals surface area (Å²) in [6.45, 7) is 7.49. The van der Waals surface area contributed by atoms with Crippen molar-refractivity contribution in [2.24, 2.45) is 5.92 Å². The summed E-state index contributed by atoms with van der Waals surface area (Å²) in [7, 11) is 1.63. The fourth-order valence-corrected chi connectivity index (χ4v) is 4.15. The summed E-state index contributed by atoms with van der Waals surface area (Å²) >= 11 is 0. The van der Waals surface area contributed by atoms with Gasteiger partial charge in [0.25, 0.3) is 5.91 Å². The maximum atomic E-state index is 12.8. The zero-order chi connectivity index (χ0) is 23.5. The van der Waals surface area contributed by atoms with Gasteiger partial charge in [0.15, 0.2) is 5.69 Å². The van der Waals surface area contributed by atoms with E-state index >= 15 is 0 Å². The summed E-state index contributed by atoms with van der Waals surface area (Å²) in [5, 5.41) is 11.3. The van der Waals surface area contributed by atoms with E-state index in [0.717, 1.165) is 28.1 Å². The number of benzene rings is 2. The molecule has 2 heterocycles. The summed E-state index contributed by atoms with van der Waals surface area (Å²) < 4.78 is 6.88. The fourth-order valence-electron chi connectivity index (χ4n) is 4.15. The highest BCUT2D eigenvalue weighted by molar-refractivity contribution is 5.93. The lowest BCUT2D eigenvalue weighted by molar-refractivity contribution is -0.128. The maximum absolute atomic E-state index is 12.8. The third-order valence-corrected chi connectivity index (χ3v) is 6.29. The van der Waals surface area contributed by atoms with Gasteiger partial charge < -0.3 is 15.0 Å². The molecule has 1 atom stereocenters. The molecule has 172 valence electrons. The van der Waals surface area contributed by atoms with E-state index < -0.39 is 0 Å². The Bertz CT molecular complexity index is 1170. The molecule has 0 radical (unpaired) electrons. The largest absolute Gasteiger partial charge is 0.497 e. The van der Waals surface area contributed by atoms with Gasteiger partial charge in [-0.2, -0.15) is 0 Å². The number of likely N-dealkylation sites (tertiary alicyclic amines) is 1. The predicted molar refractivity (Wildman–Crippen MR) is 124 cm³/mol. The minimum atomic E-state index is -0.273. The van der Waals surface area contributed by atoms with Gasteiger partial charge in [-0.3, -0.25) is 9.59 Å². The van der Waals surface area contributed by atoms with E-state index in [9.17, 15) is 9.59 Å². The molecule has 2 aromatic carbocycles. The highest BCUT2D eigenvalue weighted by Crippen LogP contribution is 2.22. The summed E-state index contributed by atoms with van der Waals surface area (Å²) in [5.74, 6) is 0.679. The third-order valence-electron chi connectivity index (χ3n) is 6.29. The van der Waals surface area contributed by atoms with Gasteiger partial charge in [-0.05, 0) is 55.7 Å². The number of ether oxygens (including phenoxy) is 1. The standard InChI is InChI=1S/C25H29N5O3/c1-16-6-5-7-22(17(16)2)30-18(3)24(27-28-30)25(32)26-13-20-12-23(31)29(15-20)14-19-8-10-21(33-4)11-9-19/h5-11,20H,12-15H2,1-4H3,(H,26,32). The Kier molecular flexibility index (Phi) is 6.44. The number of carbonyl (C=O) groups is 2. The Labute approximate surface area is 193 Å². The molecule has 1 aromatic heterocycles. The monoisotopic (exact) mass is 447 g/mol. The fraction of sp³-hybridized carbons (Fsp3) is 0.360. The van der Waals surface area contributed by atoms with Crippen LogP contribution >= 0.6 is 0 Å². The van der Waals surface area contributed by atoms with Crippen LogP contribution in [0.1, 0.15) is 39.3 Å². The first-order valence-electron chi connectivity index (χ1n) is 11.0. The molecule has 3 aromatic rings. The molecule has 1 N–H and O–H groups in total. The van der Waals surface area contributed by atoms with Crippen molar-refractivity contribution in [2.75, 3.05) is 20.2 Å². The molecule has 8 heteroatoms. The molecule has 0 aliphatic carbocycles. The van der Waals surface area contributed by atoms with Crippen LogP contribution in [0.15, 0.2) is 42.5 Å². The van der Waals surface area contributed by atoms with Crippen LogP contribution in [-0.2, 0) is 11.3 Å². The number of nitrogens with one attached hydrogen (secondary N) is 1. The topological polar surface area (TPSA) is 89.3 Å². The predicted octanol–water partition coefficient (Wildman–Crippen LogP) is 2.98. The normalized spacial score (nSPS) is 15.7. The number of amides is 2. The van der Waals surface area contributed by atoms with Crippen molar-refractivity contribution in [3.8, 4) is 11.4 Å². The Morgan fingerprint density at radius 2 is 1.91 bits per heavy atom. The van der Waals surface area contributed by atoms with E-state index in [1.54, 1.807) is 11.8 Å². The highest BCUT2D eigenvalue weighted by atomic mass is 16.5. The van der Waals surface area contributed by atoms with Crippen molar-refractivity contribution in [3.63, 3.8) is 0 Å². The molecule has 1 saturated heterocycles. The number of aryl methyl sites for hydroxylation is 1. The van der Waals surface area contributed by atoms with E-state index in [0.29, 0.717) is 37.4 Å². The zero-order valence-corrected chi connectivity index (χ0v) is 19.5. The minimum Gasteiger partial charge on any atom is -0.497 e. The number of aromatic nitrogens is 3. The van der Waals surface area contributed by atoms with E-state index in [1.165, 1.54) is 0 Å². The van der Waals surface area contributed by atoms with Crippen LogP contribution in [0.5, 0.6) is 5.75 Å². The highest BCUT2D eigenvalue weighted by Gasteiger charge is 2.30. The van der Waals surface area contributed by atoms with Crippen molar-refractivity contribution in [1.29, 1.82) is 0 Å². The van der Waals surface area contributed by atoms with Crippen LogP contribution in [0, 0.1) is 26.7 Å². The van der Waals surface area contributed by atoms with Gasteiger partial charge in [-0.15, -0.1) is 5.10 Å². The smallest absolute Gasteiger partial charge is 0.273 e. The third kappa shape index (κ3) is 4.74. The first-order valence-corrected chi connectivity index (χ1v) is 11.0. The molecule has 8 nitrogen and oxygen atoms in total. The molecular formula is C25H29N5O3. The first kappa shape index (κ1) is 22.5. The number of hydrogen-bond acceptors (Lipinski definition) is 5. The molecule has 0 bridgehead atoms. The molecule has 1 aliphatic heterocycles. The Hall–Kier alpha value is -3.68. The molecule has 4 rings (SSSR count). The van der Waals surface area contributed by atoms with Gasteiger partial charge in [-0.25, -0.2) is 4.68 Å². The van der Waals surface area contributed by atoms with Crippen molar-refractivity contribution in [3.05, 3.63) is 70.5 Å². The average molecular weight is 448 g/mol. The van der Waals surface area contributed by atoms with Gasteiger partial charge >= 0.3 is 0 Å².